The number of aliphatic hydroxyl groups excluding tert-OH is 1. The number of hydrogen-bond donors (Lipinski definition) is 2. The fraction of sp³-hybridized carbons (Fsp3) is 0.367. The number of ether oxygens (including phenoxy) is 1. The van der Waals surface area contributed by atoms with Crippen LogP contribution in [-0.2, 0) is 24.3 Å². The maximum absolute atomic E-state index is 13.0. The van der Waals surface area contributed by atoms with Crippen LogP contribution in [-0.4, -0.2) is 52.1 Å². The number of hydrogen-bond acceptors (Lipinski definition) is 7. The molecule has 0 spiro atoms. The molecule has 3 rings (SSSR count). The number of carbonyl (C=O) groups excluding carboxylic acids is 1. The van der Waals surface area contributed by atoms with Gasteiger partial charge in [-0.2, -0.15) is 0 Å². The number of rotatable bonds is 17. The fourth-order valence-electron chi connectivity index (χ4n) is 4.25. The van der Waals surface area contributed by atoms with Crippen molar-refractivity contribution in [3.05, 3.63) is 105 Å². The highest BCUT2D eigenvalue weighted by Crippen LogP contribution is 2.19. The van der Waals surface area contributed by atoms with E-state index in [4.69, 9.17) is 4.74 Å². The van der Waals surface area contributed by atoms with Gasteiger partial charge in [-0.05, 0) is 55.1 Å². The van der Waals surface area contributed by atoms with E-state index in [2.05, 4.69) is 4.90 Å². The van der Waals surface area contributed by atoms with Gasteiger partial charge in [0.25, 0.3) is 5.69 Å². The minimum absolute atomic E-state index is 0.0155. The molecule has 0 amide bonds. The minimum Gasteiger partial charge on any atom is -0.508 e. The van der Waals surface area contributed by atoms with Crippen LogP contribution in [0.1, 0.15) is 52.7 Å². The lowest BCUT2D eigenvalue weighted by molar-refractivity contribution is -0.384. The predicted molar refractivity (Wildman–Crippen MR) is 146 cm³/mol. The summed E-state index contributed by atoms with van der Waals surface area (Å²) in [4.78, 5) is 25.6. The Morgan fingerprint density at radius 1 is 0.895 bits per heavy atom. The normalized spacial score (nSPS) is 11.1. The maximum atomic E-state index is 13.0. The number of phenols is 1. The number of nitro groups is 1. The van der Waals surface area contributed by atoms with Gasteiger partial charge in [0, 0.05) is 36.4 Å². The summed E-state index contributed by atoms with van der Waals surface area (Å²) in [6.45, 7) is 2.56. The van der Waals surface area contributed by atoms with Crippen molar-refractivity contribution in [1.29, 1.82) is 0 Å². The summed E-state index contributed by atoms with van der Waals surface area (Å²) in [6.07, 6.45) is 4.56. The Morgan fingerprint density at radius 3 is 2.42 bits per heavy atom. The van der Waals surface area contributed by atoms with E-state index in [-0.39, 0.29) is 35.3 Å². The van der Waals surface area contributed by atoms with E-state index in [9.17, 15) is 25.1 Å². The van der Waals surface area contributed by atoms with Crippen LogP contribution in [0.4, 0.5) is 5.69 Å². The lowest BCUT2D eigenvalue weighted by Crippen LogP contribution is -2.30. The number of carbonyl (C=O) groups is 1. The van der Waals surface area contributed by atoms with Crippen LogP contribution in [0, 0.1) is 10.1 Å². The topological polar surface area (TPSA) is 113 Å². The molecule has 0 atom stereocenters. The van der Waals surface area contributed by atoms with Crippen LogP contribution in [0.3, 0.4) is 0 Å². The number of benzene rings is 3. The molecule has 3 aromatic rings. The zero-order valence-corrected chi connectivity index (χ0v) is 21.6. The standard InChI is InChI=1S/C30H36N2O6/c33-23-27-20-26(13-14-29(27)34)30(35)22-31(21-25-9-4-3-5-10-25)16-6-1-2-7-17-38-18-15-24-11-8-12-28(19-24)32(36)37/h3-5,8-14,19-20,33-34H,1-2,6-7,15-18,21-23H2. The van der Waals surface area contributed by atoms with Crippen LogP contribution in [0.25, 0.3) is 0 Å². The maximum Gasteiger partial charge on any atom is 0.269 e. The Balaban J connectivity index is 1.39. The molecule has 202 valence electrons. The molecule has 3 aromatic carbocycles. The molecule has 0 fully saturated rings. The van der Waals surface area contributed by atoms with Gasteiger partial charge in [-0.1, -0.05) is 55.3 Å². The molecule has 0 aliphatic heterocycles. The fourth-order valence-corrected chi connectivity index (χ4v) is 4.25. The Kier molecular flexibility index (Phi) is 11.9. The molecule has 0 aromatic heterocycles. The van der Waals surface area contributed by atoms with Crippen molar-refractivity contribution < 1.29 is 24.7 Å². The van der Waals surface area contributed by atoms with E-state index in [1.165, 1.54) is 12.1 Å². The monoisotopic (exact) mass is 520 g/mol. The van der Waals surface area contributed by atoms with Crippen molar-refractivity contribution in [2.75, 3.05) is 26.3 Å². The number of aliphatic hydroxyl groups is 1. The Bertz CT molecular complexity index is 1170. The summed E-state index contributed by atoms with van der Waals surface area (Å²) in [6, 6.07) is 21.3. The van der Waals surface area contributed by atoms with Crippen LogP contribution >= 0.6 is 0 Å². The van der Waals surface area contributed by atoms with Crippen molar-refractivity contribution in [2.24, 2.45) is 0 Å². The summed E-state index contributed by atoms with van der Waals surface area (Å²) in [5.41, 5.74) is 2.96. The average molecular weight is 521 g/mol. The Labute approximate surface area is 223 Å². The molecule has 8 heteroatoms. The highest BCUT2D eigenvalue weighted by Gasteiger charge is 2.15. The van der Waals surface area contributed by atoms with Crippen molar-refractivity contribution in [3.8, 4) is 5.75 Å². The highest BCUT2D eigenvalue weighted by atomic mass is 16.6. The van der Waals surface area contributed by atoms with Crippen molar-refractivity contribution in [2.45, 2.75) is 45.3 Å². The van der Waals surface area contributed by atoms with E-state index < -0.39 is 0 Å². The Morgan fingerprint density at radius 2 is 1.66 bits per heavy atom. The van der Waals surface area contributed by atoms with Crippen LogP contribution in [0.15, 0.2) is 72.8 Å². The molecule has 0 unspecified atom stereocenters. The average Bonchev–Trinajstić information content (AvgIpc) is 2.93. The predicted octanol–water partition coefficient (Wildman–Crippen LogP) is 5.30. The molecule has 0 aliphatic rings. The first-order chi connectivity index (χ1) is 18.5. The van der Waals surface area contributed by atoms with Gasteiger partial charge in [-0.3, -0.25) is 19.8 Å². The van der Waals surface area contributed by atoms with Gasteiger partial charge in [-0.15, -0.1) is 0 Å². The molecule has 38 heavy (non-hydrogen) atoms. The molecule has 0 radical (unpaired) electrons. The van der Waals surface area contributed by atoms with E-state index in [1.54, 1.807) is 24.3 Å². The van der Waals surface area contributed by atoms with Gasteiger partial charge in [0.1, 0.15) is 5.75 Å². The number of nitrogens with zero attached hydrogens (tertiary/aromatic N) is 2. The van der Waals surface area contributed by atoms with Crippen LogP contribution < -0.4 is 0 Å². The second-order valence-electron chi connectivity index (χ2n) is 9.32. The number of nitro benzene ring substituents is 1. The number of non-ortho nitro benzene ring substituents is 1. The van der Waals surface area contributed by atoms with E-state index in [1.807, 2.05) is 36.4 Å². The molecular weight excluding hydrogens is 484 g/mol. The number of Topliss-reactive ketones (excluding diaryl/α,β-unsaturated/α-hetero) is 1. The quantitative estimate of drug-likeness (QED) is 0.107. The summed E-state index contributed by atoms with van der Waals surface area (Å²) in [7, 11) is 0. The van der Waals surface area contributed by atoms with E-state index >= 15 is 0 Å². The molecule has 2 N–H and O–H groups in total. The number of aromatic hydroxyl groups is 1. The minimum atomic E-state index is -0.387. The smallest absolute Gasteiger partial charge is 0.269 e. The summed E-state index contributed by atoms with van der Waals surface area (Å²) in [5, 5.41) is 30.1. The van der Waals surface area contributed by atoms with Crippen molar-refractivity contribution in [3.63, 3.8) is 0 Å². The van der Waals surface area contributed by atoms with E-state index in [0.717, 1.165) is 43.4 Å². The lowest BCUT2D eigenvalue weighted by atomic mass is 10.1. The van der Waals surface area contributed by atoms with Crippen LogP contribution in [0.5, 0.6) is 5.75 Å². The van der Waals surface area contributed by atoms with Crippen molar-refractivity contribution >= 4 is 11.5 Å². The summed E-state index contributed by atoms with van der Waals surface area (Å²) < 4.78 is 5.71. The SMILES string of the molecule is O=C(CN(CCCCCCOCCc1cccc([N+](=O)[O-])c1)Cc1ccccc1)c1ccc(O)c(CO)c1. The Hall–Kier alpha value is -3.59. The lowest BCUT2D eigenvalue weighted by Gasteiger charge is -2.22. The first-order valence-corrected chi connectivity index (χ1v) is 13.0. The first kappa shape index (κ1) is 29.0. The summed E-state index contributed by atoms with van der Waals surface area (Å²) in [5.74, 6) is -0.0639. The third kappa shape index (κ3) is 9.70. The van der Waals surface area contributed by atoms with Gasteiger partial charge in [0.2, 0.25) is 0 Å². The molecule has 0 bridgehead atoms. The zero-order valence-electron chi connectivity index (χ0n) is 21.6. The highest BCUT2D eigenvalue weighted by molar-refractivity contribution is 5.98. The van der Waals surface area contributed by atoms with Gasteiger partial charge in [0.15, 0.2) is 5.78 Å². The molecular formula is C30H36N2O6. The van der Waals surface area contributed by atoms with Crippen LogP contribution in [0.2, 0.25) is 0 Å². The number of ketones is 1. The molecule has 0 saturated carbocycles. The zero-order chi connectivity index (χ0) is 27.2. The van der Waals surface area contributed by atoms with Crippen molar-refractivity contribution in [1.82, 2.24) is 4.90 Å². The van der Waals surface area contributed by atoms with Gasteiger partial charge in [-0.25, -0.2) is 0 Å². The largest absolute Gasteiger partial charge is 0.508 e. The number of unbranched alkanes of at least 4 members (excludes halogenated alkanes) is 3. The van der Waals surface area contributed by atoms with Gasteiger partial charge >= 0.3 is 0 Å². The third-order valence-corrected chi connectivity index (χ3v) is 6.36. The first-order valence-electron chi connectivity index (χ1n) is 13.0. The van der Waals surface area contributed by atoms with Gasteiger partial charge < -0.3 is 14.9 Å². The van der Waals surface area contributed by atoms with E-state index in [0.29, 0.717) is 37.3 Å². The summed E-state index contributed by atoms with van der Waals surface area (Å²) >= 11 is 0. The molecule has 0 aliphatic carbocycles. The molecule has 0 saturated heterocycles. The second-order valence-corrected chi connectivity index (χ2v) is 9.32. The van der Waals surface area contributed by atoms with Gasteiger partial charge in [0.05, 0.1) is 24.7 Å². The second kappa shape index (κ2) is 15.6. The molecule has 8 nitrogen and oxygen atoms in total. The third-order valence-electron chi connectivity index (χ3n) is 6.36. The molecule has 0 heterocycles.